The summed E-state index contributed by atoms with van der Waals surface area (Å²) in [5.74, 6) is -1.02. The van der Waals surface area contributed by atoms with Crippen molar-refractivity contribution in [2.45, 2.75) is 6.04 Å². The zero-order chi connectivity index (χ0) is 9.14. The molecule has 0 saturated carbocycles. The molecule has 5 heteroatoms. The molecule has 0 aromatic carbocycles. The predicted molar refractivity (Wildman–Crippen MR) is 43.5 cm³/mol. The van der Waals surface area contributed by atoms with Gasteiger partial charge in [-0.1, -0.05) is 0 Å². The van der Waals surface area contributed by atoms with Gasteiger partial charge in [0.05, 0.1) is 6.04 Å². The molecule has 2 N–H and O–H groups in total. The van der Waals surface area contributed by atoms with Crippen LogP contribution < -0.4 is 10.6 Å². The third-order valence-electron chi connectivity index (χ3n) is 1.72. The van der Waals surface area contributed by atoms with Crippen molar-refractivity contribution >= 4 is 11.8 Å². The minimum Gasteiger partial charge on any atom is -0.343 e. The molecule has 1 aliphatic rings. The highest BCUT2D eigenvalue weighted by molar-refractivity contribution is 6.34. The lowest BCUT2D eigenvalue weighted by Crippen LogP contribution is -2.59. The normalized spacial score (nSPS) is 16.5. The number of nitrogens with zero attached hydrogens (tertiary/aromatic N) is 1. The van der Waals surface area contributed by atoms with Crippen LogP contribution in [-0.2, 0) is 9.59 Å². The molecule has 12 heavy (non-hydrogen) atoms. The van der Waals surface area contributed by atoms with E-state index in [9.17, 15) is 9.59 Å². The summed E-state index contributed by atoms with van der Waals surface area (Å²) < 4.78 is 0. The lowest BCUT2D eigenvalue weighted by Gasteiger charge is -2.27. The third-order valence-corrected chi connectivity index (χ3v) is 1.72. The standard InChI is InChI=1S/C7H13N3O2/c1-10(2)7(12)6(11)9-5-3-8-4-5/h5,8H,3-4H2,1-2H3,(H,9,11). The first kappa shape index (κ1) is 8.99. The first-order valence-corrected chi connectivity index (χ1v) is 3.84. The van der Waals surface area contributed by atoms with Crippen LogP contribution in [0.4, 0.5) is 0 Å². The molecule has 0 unspecified atom stereocenters. The molecule has 0 aliphatic carbocycles. The van der Waals surface area contributed by atoms with Crippen molar-refractivity contribution in [3.8, 4) is 0 Å². The molecule has 1 heterocycles. The summed E-state index contributed by atoms with van der Waals surface area (Å²) in [6, 6.07) is 0.126. The van der Waals surface area contributed by atoms with E-state index in [2.05, 4.69) is 10.6 Å². The Morgan fingerprint density at radius 1 is 1.42 bits per heavy atom. The van der Waals surface area contributed by atoms with Crippen LogP contribution in [0.15, 0.2) is 0 Å². The van der Waals surface area contributed by atoms with Crippen LogP contribution in [0, 0.1) is 0 Å². The molecule has 1 rings (SSSR count). The highest BCUT2D eigenvalue weighted by atomic mass is 16.2. The maximum atomic E-state index is 11.1. The summed E-state index contributed by atoms with van der Waals surface area (Å²) in [4.78, 5) is 23.3. The molecule has 0 spiro atoms. The Hall–Kier alpha value is -1.10. The average Bonchev–Trinajstić information content (AvgIpc) is 1.94. The van der Waals surface area contributed by atoms with Gasteiger partial charge in [0.15, 0.2) is 0 Å². The van der Waals surface area contributed by atoms with Gasteiger partial charge in [0.2, 0.25) is 0 Å². The summed E-state index contributed by atoms with van der Waals surface area (Å²) in [5.41, 5.74) is 0. The summed E-state index contributed by atoms with van der Waals surface area (Å²) in [6.07, 6.45) is 0. The highest BCUT2D eigenvalue weighted by Gasteiger charge is 2.23. The van der Waals surface area contributed by atoms with E-state index in [4.69, 9.17) is 0 Å². The van der Waals surface area contributed by atoms with Crippen LogP contribution in [0.2, 0.25) is 0 Å². The van der Waals surface area contributed by atoms with E-state index in [1.807, 2.05) is 0 Å². The van der Waals surface area contributed by atoms with Crippen LogP contribution in [0.5, 0.6) is 0 Å². The molecular formula is C7H13N3O2. The van der Waals surface area contributed by atoms with Crippen LogP contribution in [0.3, 0.4) is 0 Å². The number of nitrogens with one attached hydrogen (secondary N) is 2. The van der Waals surface area contributed by atoms with Gasteiger partial charge in [0, 0.05) is 27.2 Å². The monoisotopic (exact) mass is 171 g/mol. The molecule has 0 aromatic rings. The van der Waals surface area contributed by atoms with E-state index in [1.54, 1.807) is 14.1 Å². The van der Waals surface area contributed by atoms with Crippen LogP contribution >= 0.6 is 0 Å². The maximum Gasteiger partial charge on any atom is 0.311 e. The van der Waals surface area contributed by atoms with Gasteiger partial charge in [-0.25, -0.2) is 0 Å². The fourth-order valence-electron chi connectivity index (χ4n) is 0.841. The van der Waals surface area contributed by atoms with Gasteiger partial charge in [0.25, 0.3) is 0 Å². The number of likely N-dealkylation sites (N-methyl/N-ethyl adjacent to an activating group) is 1. The zero-order valence-corrected chi connectivity index (χ0v) is 7.26. The van der Waals surface area contributed by atoms with Crippen LogP contribution in [0.25, 0.3) is 0 Å². The lowest BCUT2D eigenvalue weighted by atomic mass is 10.2. The number of amides is 2. The van der Waals surface area contributed by atoms with Crippen LogP contribution in [-0.4, -0.2) is 49.9 Å². The molecule has 1 aliphatic heterocycles. The largest absolute Gasteiger partial charge is 0.343 e. The number of carbonyl (C=O) groups is 2. The molecule has 1 saturated heterocycles. The number of hydrogen-bond acceptors (Lipinski definition) is 3. The number of rotatable bonds is 1. The second kappa shape index (κ2) is 3.53. The van der Waals surface area contributed by atoms with Gasteiger partial charge < -0.3 is 15.5 Å². The predicted octanol–water partition coefficient (Wildman–Crippen LogP) is -1.84. The molecule has 1 fully saturated rings. The third kappa shape index (κ3) is 1.94. The van der Waals surface area contributed by atoms with Crippen molar-refractivity contribution in [3.05, 3.63) is 0 Å². The Kier molecular flexibility index (Phi) is 2.65. The minimum absolute atomic E-state index is 0.126. The fraction of sp³-hybridized carbons (Fsp3) is 0.714. The molecule has 2 amide bonds. The van der Waals surface area contributed by atoms with Gasteiger partial charge in [-0.05, 0) is 0 Å². The smallest absolute Gasteiger partial charge is 0.311 e. The Morgan fingerprint density at radius 2 is 2.00 bits per heavy atom. The van der Waals surface area contributed by atoms with Crippen molar-refractivity contribution < 1.29 is 9.59 Å². The van der Waals surface area contributed by atoms with E-state index in [-0.39, 0.29) is 6.04 Å². The Balaban J connectivity index is 2.31. The number of hydrogen-bond donors (Lipinski definition) is 2. The van der Waals surface area contributed by atoms with E-state index < -0.39 is 11.8 Å². The summed E-state index contributed by atoms with van der Waals surface area (Å²) in [6.45, 7) is 1.51. The van der Waals surface area contributed by atoms with Crippen LogP contribution in [0.1, 0.15) is 0 Å². The second-order valence-electron chi connectivity index (χ2n) is 3.03. The summed E-state index contributed by atoms with van der Waals surface area (Å²) >= 11 is 0. The minimum atomic E-state index is -0.522. The van der Waals surface area contributed by atoms with Gasteiger partial charge in [0.1, 0.15) is 0 Å². The van der Waals surface area contributed by atoms with Crippen molar-refractivity contribution in [3.63, 3.8) is 0 Å². The van der Waals surface area contributed by atoms with Gasteiger partial charge >= 0.3 is 11.8 Å². The van der Waals surface area contributed by atoms with Gasteiger partial charge in [-0.3, -0.25) is 9.59 Å². The van der Waals surface area contributed by atoms with E-state index in [0.29, 0.717) is 0 Å². The average molecular weight is 171 g/mol. The zero-order valence-electron chi connectivity index (χ0n) is 7.26. The molecule has 68 valence electrons. The lowest BCUT2D eigenvalue weighted by molar-refractivity contribution is -0.144. The summed E-state index contributed by atoms with van der Waals surface area (Å²) in [5, 5.41) is 5.60. The van der Waals surface area contributed by atoms with E-state index in [1.165, 1.54) is 4.90 Å². The SMILES string of the molecule is CN(C)C(=O)C(=O)NC1CNC1. The Bertz CT molecular complexity index is 199. The van der Waals surface area contributed by atoms with Crippen molar-refractivity contribution in [1.29, 1.82) is 0 Å². The molecule has 0 radical (unpaired) electrons. The molecule has 0 atom stereocenters. The van der Waals surface area contributed by atoms with Crippen molar-refractivity contribution in [2.75, 3.05) is 27.2 Å². The molecule has 0 bridgehead atoms. The Labute approximate surface area is 71.1 Å². The Morgan fingerprint density at radius 3 is 2.33 bits per heavy atom. The molecular weight excluding hydrogens is 158 g/mol. The van der Waals surface area contributed by atoms with Gasteiger partial charge in [-0.2, -0.15) is 0 Å². The highest BCUT2D eigenvalue weighted by Crippen LogP contribution is 1.90. The molecule has 0 aromatic heterocycles. The second-order valence-corrected chi connectivity index (χ2v) is 3.03. The van der Waals surface area contributed by atoms with Crippen molar-refractivity contribution in [1.82, 2.24) is 15.5 Å². The molecule has 5 nitrogen and oxygen atoms in total. The maximum absolute atomic E-state index is 11.1. The fourth-order valence-corrected chi connectivity index (χ4v) is 0.841. The van der Waals surface area contributed by atoms with E-state index >= 15 is 0 Å². The number of carbonyl (C=O) groups excluding carboxylic acids is 2. The topological polar surface area (TPSA) is 61.4 Å². The quantitative estimate of drug-likeness (QED) is 0.456. The van der Waals surface area contributed by atoms with E-state index in [0.717, 1.165) is 13.1 Å². The van der Waals surface area contributed by atoms with Gasteiger partial charge in [-0.15, -0.1) is 0 Å². The first-order chi connectivity index (χ1) is 5.61. The summed E-state index contributed by atoms with van der Waals surface area (Å²) in [7, 11) is 3.11. The first-order valence-electron chi connectivity index (χ1n) is 3.84. The van der Waals surface area contributed by atoms with Crippen molar-refractivity contribution in [2.24, 2.45) is 0 Å².